The molecule has 5 nitrogen and oxygen atoms in total. The van der Waals surface area contributed by atoms with Gasteiger partial charge in [-0.2, -0.15) is 0 Å². The fourth-order valence-electron chi connectivity index (χ4n) is 2.97. The monoisotopic (exact) mass is 363 g/mol. The van der Waals surface area contributed by atoms with Crippen LogP contribution in [-0.2, 0) is 26.6 Å². The summed E-state index contributed by atoms with van der Waals surface area (Å²) >= 11 is 5.96. The lowest BCUT2D eigenvalue weighted by Gasteiger charge is -2.27. The van der Waals surface area contributed by atoms with Gasteiger partial charge in [0.1, 0.15) is 6.61 Å². The van der Waals surface area contributed by atoms with Crippen LogP contribution >= 0.6 is 11.6 Å². The number of hydrogen-bond acceptors (Lipinski definition) is 4. The maximum absolute atomic E-state index is 12.4. The largest absolute Gasteiger partial charge is 0.371 e. The van der Waals surface area contributed by atoms with Gasteiger partial charge in [-0.3, -0.25) is 4.79 Å². The Bertz CT molecular complexity index is 807. The van der Waals surface area contributed by atoms with E-state index in [1.165, 1.54) is 0 Å². The van der Waals surface area contributed by atoms with Crippen LogP contribution in [0.1, 0.15) is 28.1 Å². The van der Waals surface area contributed by atoms with E-state index in [1.54, 1.807) is 12.1 Å². The van der Waals surface area contributed by atoms with Gasteiger partial charge in [0.25, 0.3) is 0 Å². The topological polar surface area (TPSA) is 60.6 Å². The van der Waals surface area contributed by atoms with Crippen LogP contribution in [0.15, 0.2) is 29.1 Å². The normalized spacial score (nSPS) is 16.3. The summed E-state index contributed by atoms with van der Waals surface area (Å²) in [6.45, 7) is 6.97. The van der Waals surface area contributed by atoms with Crippen LogP contribution < -0.4 is 5.43 Å². The molecule has 0 spiro atoms. The van der Waals surface area contributed by atoms with Crippen molar-refractivity contribution in [3.05, 3.63) is 67.6 Å². The summed E-state index contributed by atoms with van der Waals surface area (Å²) in [6.07, 6.45) is 0. The number of aromatic nitrogens is 1. The van der Waals surface area contributed by atoms with Crippen molar-refractivity contribution in [2.75, 3.05) is 19.8 Å². The van der Waals surface area contributed by atoms with Crippen molar-refractivity contribution < 1.29 is 14.2 Å². The lowest BCUT2D eigenvalue weighted by molar-refractivity contribution is -0.204. The van der Waals surface area contributed by atoms with Crippen molar-refractivity contribution in [1.82, 2.24) is 4.98 Å². The summed E-state index contributed by atoms with van der Waals surface area (Å²) < 4.78 is 17.5. The Kier molecular flexibility index (Phi) is 5.29. The molecule has 1 aliphatic heterocycles. The molecule has 1 aromatic heterocycles. The molecule has 6 heteroatoms. The smallest absolute Gasteiger partial charge is 0.219 e. The number of ether oxygens (including phenoxy) is 3. The molecule has 0 bridgehead atoms. The molecule has 1 saturated heterocycles. The van der Waals surface area contributed by atoms with Crippen LogP contribution in [0.25, 0.3) is 0 Å². The third-order valence-corrected chi connectivity index (χ3v) is 4.83. The van der Waals surface area contributed by atoms with E-state index in [1.807, 2.05) is 32.9 Å². The van der Waals surface area contributed by atoms with Gasteiger partial charge in [0, 0.05) is 33.1 Å². The van der Waals surface area contributed by atoms with Crippen LogP contribution in [0, 0.1) is 20.8 Å². The highest BCUT2D eigenvalue weighted by atomic mass is 35.5. The average Bonchev–Trinajstić information content (AvgIpc) is 3.06. The molecule has 2 heterocycles. The molecule has 1 aromatic carbocycles. The molecule has 1 aliphatic rings. The lowest BCUT2D eigenvalue weighted by Crippen LogP contribution is -2.33. The van der Waals surface area contributed by atoms with Gasteiger partial charge in [0.2, 0.25) is 5.79 Å². The van der Waals surface area contributed by atoms with Gasteiger partial charge in [-0.25, -0.2) is 0 Å². The molecule has 25 heavy (non-hydrogen) atoms. The first-order valence-corrected chi connectivity index (χ1v) is 8.61. The van der Waals surface area contributed by atoms with Crippen molar-refractivity contribution in [3.8, 4) is 0 Å². The zero-order valence-corrected chi connectivity index (χ0v) is 15.4. The summed E-state index contributed by atoms with van der Waals surface area (Å²) in [5.74, 6) is -0.953. The number of aryl methyl sites for hydroxylation is 2. The van der Waals surface area contributed by atoms with Crippen LogP contribution in [0.5, 0.6) is 0 Å². The minimum Gasteiger partial charge on any atom is -0.371 e. The Hall–Kier alpha value is -1.66. The summed E-state index contributed by atoms with van der Waals surface area (Å²) in [7, 11) is 0. The SMILES string of the molecule is Cc1[nH]c(C)c(COCC2(c3ccc(Cl)cc3)OCCO2)c(=O)c1C. The van der Waals surface area contributed by atoms with Gasteiger partial charge in [-0.15, -0.1) is 0 Å². The second-order valence-electron chi connectivity index (χ2n) is 6.26. The summed E-state index contributed by atoms with van der Waals surface area (Å²) in [5, 5.41) is 0.648. The highest BCUT2D eigenvalue weighted by Gasteiger charge is 2.39. The number of hydrogen-bond donors (Lipinski definition) is 1. The predicted molar refractivity (Wildman–Crippen MR) is 96.0 cm³/mol. The molecule has 134 valence electrons. The second-order valence-corrected chi connectivity index (χ2v) is 6.69. The van der Waals surface area contributed by atoms with Crippen LogP contribution in [0.2, 0.25) is 5.02 Å². The molecular formula is C19H22ClNO4. The summed E-state index contributed by atoms with van der Waals surface area (Å²) in [4.78, 5) is 15.7. The second kappa shape index (κ2) is 7.30. The third-order valence-electron chi connectivity index (χ3n) is 4.58. The molecule has 0 radical (unpaired) electrons. The molecular weight excluding hydrogens is 342 g/mol. The molecule has 0 amide bonds. The van der Waals surface area contributed by atoms with E-state index in [2.05, 4.69) is 4.98 Å². The molecule has 0 unspecified atom stereocenters. The molecule has 0 atom stereocenters. The van der Waals surface area contributed by atoms with E-state index in [-0.39, 0.29) is 18.6 Å². The Morgan fingerprint density at radius 3 is 2.40 bits per heavy atom. The fraction of sp³-hybridized carbons (Fsp3) is 0.421. The fourth-order valence-corrected chi connectivity index (χ4v) is 3.10. The summed E-state index contributed by atoms with van der Waals surface area (Å²) in [6, 6.07) is 7.32. The first-order valence-electron chi connectivity index (χ1n) is 8.23. The first-order chi connectivity index (χ1) is 11.9. The number of nitrogens with one attached hydrogen (secondary N) is 1. The highest BCUT2D eigenvalue weighted by Crippen LogP contribution is 2.32. The van der Waals surface area contributed by atoms with E-state index in [0.717, 1.165) is 17.0 Å². The Morgan fingerprint density at radius 1 is 1.12 bits per heavy atom. The number of halogens is 1. The van der Waals surface area contributed by atoms with Crippen LogP contribution in [-0.4, -0.2) is 24.8 Å². The van der Waals surface area contributed by atoms with Gasteiger partial charge in [0.05, 0.1) is 19.8 Å². The zero-order valence-electron chi connectivity index (χ0n) is 14.6. The van der Waals surface area contributed by atoms with Crippen molar-refractivity contribution >= 4 is 11.6 Å². The van der Waals surface area contributed by atoms with Crippen molar-refractivity contribution in [2.45, 2.75) is 33.2 Å². The minimum atomic E-state index is -0.953. The number of benzene rings is 1. The van der Waals surface area contributed by atoms with Gasteiger partial charge >= 0.3 is 0 Å². The van der Waals surface area contributed by atoms with Gasteiger partial charge in [-0.1, -0.05) is 23.7 Å². The van der Waals surface area contributed by atoms with Crippen molar-refractivity contribution in [3.63, 3.8) is 0 Å². The molecule has 0 saturated carbocycles. The van der Waals surface area contributed by atoms with Crippen LogP contribution in [0.3, 0.4) is 0 Å². The standard InChI is InChI=1S/C19H22ClNO4/c1-12-13(2)21-14(3)17(18(12)22)10-23-11-19(24-8-9-25-19)15-4-6-16(20)7-5-15/h4-7H,8-11H2,1-3H3,(H,21,22). The maximum atomic E-state index is 12.4. The highest BCUT2D eigenvalue weighted by molar-refractivity contribution is 6.30. The molecule has 1 N–H and O–H groups in total. The van der Waals surface area contributed by atoms with Crippen molar-refractivity contribution in [1.29, 1.82) is 0 Å². The number of rotatable bonds is 5. The Balaban J connectivity index is 1.77. The molecule has 0 aliphatic carbocycles. The Labute approximate surface area is 151 Å². The zero-order chi connectivity index (χ0) is 18.0. The lowest BCUT2D eigenvalue weighted by atomic mass is 10.1. The molecule has 3 rings (SSSR count). The average molecular weight is 364 g/mol. The molecule has 1 fully saturated rings. The van der Waals surface area contributed by atoms with Crippen molar-refractivity contribution in [2.24, 2.45) is 0 Å². The van der Waals surface area contributed by atoms with E-state index in [0.29, 0.717) is 29.4 Å². The van der Waals surface area contributed by atoms with Gasteiger partial charge in [-0.05, 0) is 32.9 Å². The van der Waals surface area contributed by atoms with E-state index < -0.39 is 5.79 Å². The predicted octanol–water partition coefficient (Wildman–Crippen LogP) is 3.37. The van der Waals surface area contributed by atoms with Gasteiger partial charge < -0.3 is 19.2 Å². The van der Waals surface area contributed by atoms with Gasteiger partial charge in [0.15, 0.2) is 5.43 Å². The Morgan fingerprint density at radius 2 is 1.76 bits per heavy atom. The maximum Gasteiger partial charge on any atom is 0.219 e. The number of aromatic amines is 1. The molecule has 2 aromatic rings. The number of H-pyrrole nitrogens is 1. The third kappa shape index (κ3) is 3.65. The van der Waals surface area contributed by atoms with Crippen LogP contribution in [0.4, 0.5) is 0 Å². The quantitative estimate of drug-likeness (QED) is 0.884. The van der Waals surface area contributed by atoms with E-state index in [9.17, 15) is 4.79 Å². The number of pyridine rings is 1. The summed E-state index contributed by atoms with van der Waals surface area (Å²) in [5.41, 5.74) is 3.91. The van der Waals surface area contributed by atoms with E-state index >= 15 is 0 Å². The van der Waals surface area contributed by atoms with E-state index in [4.69, 9.17) is 25.8 Å². The minimum absolute atomic E-state index is 0.0163. The first kappa shape index (κ1) is 18.1.